The molecule has 2 N–H and O–H groups in total. The summed E-state index contributed by atoms with van der Waals surface area (Å²) < 4.78 is 14.1. The second-order valence-corrected chi connectivity index (χ2v) is 2.17. The number of methoxy groups -OCH3 is 2. The molecule has 0 spiro atoms. The van der Waals surface area contributed by atoms with Gasteiger partial charge in [0.25, 0.3) is 5.88 Å². The molecule has 0 aliphatic heterocycles. The van der Waals surface area contributed by atoms with Crippen molar-refractivity contribution in [3.63, 3.8) is 0 Å². The second kappa shape index (κ2) is 4.63. The molecule has 0 bridgehead atoms. The maximum absolute atomic E-state index is 8.54. The SMILES string of the molecule is COc1ncc(OB(O)O)c(OC)n1. The fourth-order valence-electron chi connectivity index (χ4n) is 0.779. The van der Waals surface area contributed by atoms with Crippen molar-refractivity contribution in [2.45, 2.75) is 0 Å². The average Bonchev–Trinajstić information content (AvgIpc) is 2.17. The van der Waals surface area contributed by atoms with Crippen LogP contribution >= 0.6 is 0 Å². The summed E-state index contributed by atoms with van der Waals surface area (Å²) in [4.78, 5) is 7.46. The lowest BCUT2D eigenvalue weighted by Crippen LogP contribution is -2.21. The van der Waals surface area contributed by atoms with E-state index in [-0.39, 0.29) is 17.6 Å². The van der Waals surface area contributed by atoms with E-state index in [2.05, 4.69) is 14.6 Å². The van der Waals surface area contributed by atoms with Crippen LogP contribution in [0.2, 0.25) is 0 Å². The highest BCUT2D eigenvalue weighted by molar-refractivity contribution is 6.33. The zero-order chi connectivity index (χ0) is 10.6. The van der Waals surface area contributed by atoms with E-state index in [0.29, 0.717) is 0 Å². The molecule has 0 aliphatic rings. The quantitative estimate of drug-likeness (QED) is 0.592. The number of aromatic nitrogens is 2. The van der Waals surface area contributed by atoms with Crippen molar-refractivity contribution in [2.75, 3.05) is 14.2 Å². The van der Waals surface area contributed by atoms with Gasteiger partial charge in [0.15, 0.2) is 5.75 Å². The van der Waals surface area contributed by atoms with Crippen LogP contribution in [0.25, 0.3) is 0 Å². The topological polar surface area (TPSA) is 93.9 Å². The molecule has 1 aromatic rings. The van der Waals surface area contributed by atoms with E-state index in [1.807, 2.05) is 0 Å². The molecule has 0 atom stereocenters. The summed E-state index contributed by atoms with van der Waals surface area (Å²) in [5.41, 5.74) is 0. The summed E-state index contributed by atoms with van der Waals surface area (Å²) in [6.07, 6.45) is 1.21. The summed E-state index contributed by atoms with van der Waals surface area (Å²) in [5.74, 6) is 0.0771. The van der Waals surface area contributed by atoms with Gasteiger partial charge in [-0.05, 0) is 0 Å². The van der Waals surface area contributed by atoms with Gasteiger partial charge in [0, 0.05) is 0 Å². The molecule has 7 nitrogen and oxygen atoms in total. The van der Waals surface area contributed by atoms with Gasteiger partial charge in [0.1, 0.15) is 0 Å². The average molecular weight is 200 g/mol. The molecule has 0 amide bonds. The summed E-state index contributed by atoms with van der Waals surface area (Å²) in [7, 11) is 0.815. The van der Waals surface area contributed by atoms with Gasteiger partial charge >= 0.3 is 13.3 Å². The maximum atomic E-state index is 8.54. The van der Waals surface area contributed by atoms with Crippen molar-refractivity contribution >= 4 is 7.32 Å². The molecule has 0 radical (unpaired) electrons. The van der Waals surface area contributed by atoms with Crippen LogP contribution in [-0.4, -0.2) is 41.6 Å². The Morgan fingerprint density at radius 1 is 1.29 bits per heavy atom. The first kappa shape index (κ1) is 10.5. The lowest BCUT2D eigenvalue weighted by atomic mass is 10.2. The van der Waals surface area contributed by atoms with Gasteiger partial charge in [-0.3, -0.25) is 0 Å². The summed E-state index contributed by atoms with van der Waals surface area (Å²) in [6.45, 7) is 0. The highest BCUT2D eigenvalue weighted by Gasteiger charge is 2.17. The minimum atomic E-state index is -1.94. The van der Waals surface area contributed by atoms with Crippen molar-refractivity contribution in [1.82, 2.24) is 9.97 Å². The van der Waals surface area contributed by atoms with Crippen LogP contribution in [0.1, 0.15) is 0 Å². The maximum Gasteiger partial charge on any atom is 0.707 e. The second-order valence-electron chi connectivity index (χ2n) is 2.17. The van der Waals surface area contributed by atoms with Crippen molar-refractivity contribution in [1.29, 1.82) is 0 Å². The summed E-state index contributed by atoms with van der Waals surface area (Å²) in [6, 6.07) is 0.0987. The van der Waals surface area contributed by atoms with Gasteiger partial charge in [-0.15, -0.1) is 0 Å². The third kappa shape index (κ3) is 2.47. The highest BCUT2D eigenvalue weighted by Crippen LogP contribution is 2.24. The fourth-order valence-corrected chi connectivity index (χ4v) is 0.779. The van der Waals surface area contributed by atoms with Crippen molar-refractivity contribution in [3.05, 3.63) is 6.20 Å². The zero-order valence-electron chi connectivity index (χ0n) is 7.67. The third-order valence-corrected chi connectivity index (χ3v) is 1.31. The predicted molar refractivity (Wildman–Crippen MR) is 46.0 cm³/mol. The molecular formula is C6H9BN2O5. The molecule has 0 aromatic carbocycles. The number of ether oxygens (including phenoxy) is 2. The van der Waals surface area contributed by atoms with Gasteiger partial charge in [0.05, 0.1) is 20.4 Å². The lowest BCUT2D eigenvalue weighted by molar-refractivity contribution is 0.272. The van der Waals surface area contributed by atoms with Crippen LogP contribution in [0.15, 0.2) is 6.20 Å². The van der Waals surface area contributed by atoms with Gasteiger partial charge in [-0.2, -0.15) is 9.97 Å². The van der Waals surface area contributed by atoms with E-state index in [1.165, 1.54) is 20.4 Å². The molecule has 0 saturated heterocycles. The molecule has 1 aromatic heterocycles. The van der Waals surface area contributed by atoms with E-state index in [1.54, 1.807) is 0 Å². The fraction of sp³-hybridized carbons (Fsp3) is 0.333. The van der Waals surface area contributed by atoms with Crippen LogP contribution < -0.4 is 14.1 Å². The molecule has 1 heterocycles. The molecule has 8 heteroatoms. The summed E-state index contributed by atoms with van der Waals surface area (Å²) in [5, 5.41) is 17.1. The molecule has 0 aliphatic carbocycles. The van der Waals surface area contributed by atoms with Crippen molar-refractivity contribution in [3.8, 4) is 17.6 Å². The molecule has 14 heavy (non-hydrogen) atoms. The molecular weight excluding hydrogens is 191 g/mol. The minimum Gasteiger partial charge on any atom is -0.507 e. The largest absolute Gasteiger partial charge is 0.707 e. The zero-order valence-corrected chi connectivity index (χ0v) is 7.67. The Hall–Kier alpha value is -1.54. The number of rotatable bonds is 4. The first-order valence-electron chi connectivity index (χ1n) is 3.65. The molecule has 0 saturated carbocycles. The molecule has 0 unspecified atom stereocenters. The number of hydrogen-bond acceptors (Lipinski definition) is 7. The first-order chi connectivity index (χ1) is 6.67. The Bertz CT molecular complexity index is 308. The monoisotopic (exact) mass is 200 g/mol. The lowest BCUT2D eigenvalue weighted by Gasteiger charge is -2.08. The van der Waals surface area contributed by atoms with Crippen LogP contribution in [0, 0.1) is 0 Å². The van der Waals surface area contributed by atoms with E-state index >= 15 is 0 Å². The molecule has 0 fully saturated rings. The normalized spacial score (nSPS) is 9.43. The Labute approximate surface area is 80.5 Å². The first-order valence-corrected chi connectivity index (χ1v) is 3.65. The number of nitrogens with zero attached hydrogens (tertiary/aromatic N) is 2. The van der Waals surface area contributed by atoms with Gasteiger partial charge in [-0.25, -0.2) is 0 Å². The van der Waals surface area contributed by atoms with Crippen molar-refractivity contribution in [2.24, 2.45) is 0 Å². The van der Waals surface area contributed by atoms with Gasteiger partial charge in [-0.1, -0.05) is 0 Å². The predicted octanol–water partition coefficient (Wildman–Crippen LogP) is -1.16. The van der Waals surface area contributed by atoms with Gasteiger partial charge < -0.3 is 24.2 Å². The Morgan fingerprint density at radius 2 is 2.00 bits per heavy atom. The standard InChI is InChI=1S/C6H9BN2O5/c1-12-5-4(14-7(10)11)3-8-6(9-5)13-2/h3,10-11H,1-2H3. The van der Waals surface area contributed by atoms with Crippen LogP contribution in [0.3, 0.4) is 0 Å². The smallest absolute Gasteiger partial charge is 0.507 e. The molecule has 76 valence electrons. The van der Waals surface area contributed by atoms with E-state index in [0.717, 1.165) is 0 Å². The number of hydrogen-bond donors (Lipinski definition) is 2. The van der Waals surface area contributed by atoms with Gasteiger partial charge in [0.2, 0.25) is 0 Å². The summed E-state index contributed by atoms with van der Waals surface area (Å²) >= 11 is 0. The van der Waals surface area contributed by atoms with Crippen LogP contribution in [0.4, 0.5) is 0 Å². The van der Waals surface area contributed by atoms with Crippen molar-refractivity contribution < 1.29 is 24.2 Å². The van der Waals surface area contributed by atoms with E-state index < -0.39 is 7.32 Å². The highest BCUT2D eigenvalue weighted by atomic mass is 16.6. The van der Waals surface area contributed by atoms with Crippen LogP contribution in [0.5, 0.6) is 17.6 Å². The Morgan fingerprint density at radius 3 is 2.50 bits per heavy atom. The Kier molecular flexibility index (Phi) is 3.49. The Balaban J connectivity index is 2.93. The minimum absolute atomic E-state index is 0.0169. The van der Waals surface area contributed by atoms with E-state index in [9.17, 15) is 0 Å². The van der Waals surface area contributed by atoms with E-state index in [4.69, 9.17) is 19.5 Å². The van der Waals surface area contributed by atoms with Crippen LogP contribution in [-0.2, 0) is 0 Å². The third-order valence-electron chi connectivity index (χ3n) is 1.31. The molecule has 1 rings (SSSR count).